The molecular weight excluding hydrogens is 350 g/mol. The normalized spacial score (nSPS) is 11.7. The average molecular weight is 367 g/mol. The molecule has 2 N–H and O–H groups in total. The highest BCUT2D eigenvalue weighted by Crippen LogP contribution is 2.32. The Balaban J connectivity index is 1.84. The molecule has 1 aromatic heterocycles. The SMILES string of the molecule is CCOc1ccc(S(=O)(=O)Nc2cccc3[nH]ncc23)c2ccccc12. The molecule has 0 spiro atoms. The Morgan fingerprint density at radius 1 is 1.00 bits per heavy atom. The third-order valence-corrected chi connectivity index (χ3v) is 5.59. The van der Waals surface area contributed by atoms with Crippen molar-refractivity contribution in [3.05, 3.63) is 60.8 Å². The van der Waals surface area contributed by atoms with E-state index >= 15 is 0 Å². The second-order valence-electron chi connectivity index (χ2n) is 5.78. The van der Waals surface area contributed by atoms with Crippen molar-refractivity contribution in [2.75, 3.05) is 11.3 Å². The van der Waals surface area contributed by atoms with E-state index in [0.29, 0.717) is 28.8 Å². The molecule has 0 aliphatic heterocycles. The van der Waals surface area contributed by atoms with Gasteiger partial charge in [0.2, 0.25) is 0 Å². The molecule has 26 heavy (non-hydrogen) atoms. The van der Waals surface area contributed by atoms with Crippen LogP contribution in [-0.4, -0.2) is 25.2 Å². The molecule has 0 saturated heterocycles. The van der Waals surface area contributed by atoms with Gasteiger partial charge in [-0.25, -0.2) is 8.42 Å². The highest BCUT2D eigenvalue weighted by molar-refractivity contribution is 7.93. The Morgan fingerprint density at radius 3 is 2.62 bits per heavy atom. The van der Waals surface area contributed by atoms with Gasteiger partial charge in [-0.3, -0.25) is 9.82 Å². The van der Waals surface area contributed by atoms with Crippen LogP contribution < -0.4 is 9.46 Å². The number of aromatic nitrogens is 2. The van der Waals surface area contributed by atoms with E-state index in [0.717, 1.165) is 10.9 Å². The Morgan fingerprint density at radius 2 is 1.81 bits per heavy atom. The molecule has 1 heterocycles. The van der Waals surface area contributed by atoms with Gasteiger partial charge in [0.15, 0.2) is 0 Å². The minimum Gasteiger partial charge on any atom is -0.493 e. The van der Waals surface area contributed by atoms with Crippen LogP contribution in [0.3, 0.4) is 0 Å². The first-order valence-corrected chi connectivity index (χ1v) is 9.68. The lowest BCUT2D eigenvalue weighted by Gasteiger charge is -2.14. The first-order valence-electron chi connectivity index (χ1n) is 8.19. The topological polar surface area (TPSA) is 84.1 Å². The van der Waals surface area contributed by atoms with Crippen LogP contribution >= 0.6 is 0 Å². The standard InChI is InChI=1S/C19H17N3O3S/c1-2-25-18-10-11-19(14-7-4-3-6-13(14)18)26(23,24)22-17-9-5-8-16-15(17)12-20-21-16/h3-12,22H,2H2,1H3,(H,20,21). The maximum absolute atomic E-state index is 13.1. The molecule has 0 amide bonds. The summed E-state index contributed by atoms with van der Waals surface area (Å²) in [7, 11) is -3.79. The number of H-pyrrole nitrogens is 1. The van der Waals surface area contributed by atoms with Crippen molar-refractivity contribution in [1.82, 2.24) is 10.2 Å². The highest BCUT2D eigenvalue weighted by atomic mass is 32.2. The Bertz CT molecular complexity index is 1200. The van der Waals surface area contributed by atoms with E-state index in [-0.39, 0.29) is 4.90 Å². The minimum atomic E-state index is -3.79. The summed E-state index contributed by atoms with van der Waals surface area (Å²) in [5.74, 6) is 0.666. The van der Waals surface area contributed by atoms with E-state index in [4.69, 9.17) is 4.74 Å². The van der Waals surface area contributed by atoms with Crippen LogP contribution in [0.5, 0.6) is 5.75 Å². The Kier molecular flexibility index (Phi) is 4.00. The van der Waals surface area contributed by atoms with Gasteiger partial charge >= 0.3 is 0 Å². The summed E-state index contributed by atoms with van der Waals surface area (Å²) in [4.78, 5) is 0.206. The van der Waals surface area contributed by atoms with Crippen LogP contribution in [0.1, 0.15) is 6.92 Å². The third-order valence-electron chi connectivity index (χ3n) is 4.16. The Labute approximate surface area is 150 Å². The molecular formula is C19H17N3O3S. The molecule has 0 atom stereocenters. The smallest absolute Gasteiger partial charge is 0.262 e. The van der Waals surface area contributed by atoms with E-state index in [9.17, 15) is 8.42 Å². The fourth-order valence-corrected chi connectivity index (χ4v) is 4.31. The quantitative estimate of drug-likeness (QED) is 0.560. The zero-order valence-corrected chi connectivity index (χ0v) is 14.9. The van der Waals surface area contributed by atoms with Crippen LogP contribution in [0.15, 0.2) is 65.7 Å². The van der Waals surface area contributed by atoms with Gasteiger partial charge in [0, 0.05) is 16.2 Å². The van der Waals surface area contributed by atoms with Gasteiger partial charge in [-0.2, -0.15) is 5.10 Å². The van der Waals surface area contributed by atoms with E-state index in [2.05, 4.69) is 14.9 Å². The van der Waals surface area contributed by atoms with Crippen molar-refractivity contribution < 1.29 is 13.2 Å². The highest BCUT2D eigenvalue weighted by Gasteiger charge is 2.20. The second kappa shape index (κ2) is 6.34. The van der Waals surface area contributed by atoms with Crippen molar-refractivity contribution in [2.24, 2.45) is 0 Å². The molecule has 6 nitrogen and oxygen atoms in total. The zero-order valence-electron chi connectivity index (χ0n) is 14.1. The fraction of sp³-hybridized carbons (Fsp3) is 0.105. The second-order valence-corrected chi connectivity index (χ2v) is 7.43. The first kappa shape index (κ1) is 16.4. The molecule has 0 saturated carbocycles. The van der Waals surface area contributed by atoms with Gasteiger partial charge in [-0.1, -0.05) is 30.3 Å². The van der Waals surface area contributed by atoms with Crippen LogP contribution in [0.2, 0.25) is 0 Å². The molecule has 4 rings (SSSR count). The van der Waals surface area contributed by atoms with Crippen molar-refractivity contribution in [3.8, 4) is 5.75 Å². The molecule has 0 unspecified atom stereocenters. The van der Waals surface area contributed by atoms with Gasteiger partial charge in [-0.15, -0.1) is 0 Å². The van der Waals surface area contributed by atoms with Gasteiger partial charge in [-0.05, 0) is 31.2 Å². The number of rotatable bonds is 5. The van der Waals surface area contributed by atoms with E-state index in [1.54, 1.807) is 36.5 Å². The van der Waals surface area contributed by atoms with Crippen molar-refractivity contribution in [1.29, 1.82) is 0 Å². The number of ether oxygens (including phenoxy) is 1. The van der Waals surface area contributed by atoms with E-state index < -0.39 is 10.0 Å². The molecule has 132 valence electrons. The fourth-order valence-electron chi connectivity index (χ4n) is 3.02. The predicted molar refractivity (Wildman–Crippen MR) is 102 cm³/mol. The summed E-state index contributed by atoms with van der Waals surface area (Å²) >= 11 is 0. The minimum absolute atomic E-state index is 0.206. The summed E-state index contributed by atoms with van der Waals surface area (Å²) in [5.41, 5.74) is 1.25. The summed E-state index contributed by atoms with van der Waals surface area (Å²) in [6.07, 6.45) is 1.60. The molecule has 0 bridgehead atoms. The van der Waals surface area contributed by atoms with Crippen LogP contribution in [0, 0.1) is 0 Å². The molecule has 0 aliphatic carbocycles. The molecule has 7 heteroatoms. The number of hydrogen-bond donors (Lipinski definition) is 2. The van der Waals surface area contributed by atoms with Gasteiger partial charge < -0.3 is 4.74 Å². The van der Waals surface area contributed by atoms with Gasteiger partial charge in [0.25, 0.3) is 10.0 Å². The van der Waals surface area contributed by atoms with Gasteiger partial charge in [0.05, 0.1) is 28.9 Å². The molecule has 0 fully saturated rings. The number of nitrogens with zero attached hydrogens (tertiary/aromatic N) is 1. The zero-order chi connectivity index (χ0) is 18.1. The number of sulfonamides is 1. The summed E-state index contributed by atoms with van der Waals surface area (Å²) < 4.78 is 34.4. The Hall–Kier alpha value is -3.06. The summed E-state index contributed by atoms with van der Waals surface area (Å²) in [6.45, 7) is 2.41. The molecule has 3 aromatic carbocycles. The lowest BCUT2D eigenvalue weighted by atomic mass is 10.1. The third kappa shape index (κ3) is 2.76. The average Bonchev–Trinajstić information content (AvgIpc) is 3.12. The maximum Gasteiger partial charge on any atom is 0.262 e. The number of benzene rings is 3. The van der Waals surface area contributed by atoms with E-state index in [1.807, 2.05) is 31.2 Å². The number of anilines is 1. The largest absolute Gasteiger partial charge is 0.493 e. The number of hydrogen-bond acceptors (Lipinski definition) is 4. The lowest BCUT2D eigenvalue weighted by Crippen LogP contribution is -2.13. The predicted octanol–water partition coefficient (Wildman–Crippen LogP) is 3.92. The molecule has 0 aliphatic rings. The van der Waals surface area contributed by atoms with Gasteiger partial charge in [0.1, 0.15) is 5.75 Å². The van der Waals surface area contributed by atoms with Crippen molar-refractivity contribution >= 4 is 37.4 Å². The van der Waals surface area contributed by atoms with E-state index in [1.165, 1.54) is 0 Å². The van der Waals surface area contributed by atoms with Crippen LogP contribution in [0.4, 0.5) is 5.69 Å². The first-order chi connectivity index (χ1) is 12.6. The number of fused-ring (bicyclic) bond motifs is 2. The molecule has 4 aromatic rings. The number of nitrogens with one attached hydrogen (secondary N) is 2. The van der Waals surface area contributed by atoms with Crippen LogP contribution in [0.25, 0.3) is 21.7 Å². The summed E-state index contributed by atoms with van der Waals surface area (Å²) in [6, 6.07) is 15.9. The molecule has 0 radical (unpaired) electrons. The lowest BCUT2D eigenvalue weighted by molar-refractivity contribution is 0.344. The number of aromatic amines is 1. The van der Waals surface area contributed by atoms with Crippen molar-refractivity contribution in [2.45, 2.75) is 11.8 Å². The monoisotopic (exact) mass is 367 g/mol. The van der Waals surface area contributed by atoms with Crippen molar-refractivity contribution in [3.63, 3.8) is 0 Å². The maximum atomic E-state index is 13.1. The van der Waals surface area contributed by atoms with Crippen LogP contribution in [-0.2, 0) is 10.0 Å². The summed E-state index contributed by atoms with van der Waals surface area (Å²) in [5, 5.41) is 8.90.